The molecular formula is C15H23FN2. The molecule has 1 aromatic rings. The number of hydrogen-bond acceptors (Lipinski definition) is 2. The third kappa shape index (κ3) is 3.45. The Kier molecular flexibility index (Phi) is 3.91. The summed E-state index contributed by atoms with van der Waals surface area (Å²) in [6.45, 7) is 6.58. The van der Waals surface area contributed by atoms with Gasteiger partial charge in [-0.05, 0) is 45.2 Å². The van der Waals surface area contributed by atoms with Crippen LogP contribution in [-0.4, -0.2) is 24.3 Å². The van der Waals surface area contributed by atoms with Gasteiger partial charge in [-0.25, -0.2) is 4.39 Å². The maximum Gasteiger partial charge on any atom is 0.132 e. The first-order chi connectivity index (χ1) is 8.46. The number of halogens is 1. The average molecular weight is 250 g/mol. The standard InChI is InChI=1S/C15H23FN2/c1-15(2,3)17-10-12(16)14-9-8-11-6-4-5-7-13(11)18-14/h4-7,12,14,17-18H,8-10H2,1-3H3. The molecule has 2 atom stereocenters. The van der Waals surface area contributed by atoms with E-state index in [4.69, 9.17) is 0 Å². The van der Waals surface area contributed by atoms with E-state index in [-0.39, 0.29) is 11.6 Å². The predicted octanol–water partition coefficient (Wildman–Crippen LogP) is 3.14. The molecule has 2 unspecified atom stereocenters. The number of fused-ring (bicyclic) bond motifs is 1. The lowest BCUT2D eigenvalue weighted by atomic mass is 9.95. The molecule has 1 heterocycles. The van der Waals surface area contributed by atoms with E-state index in [0.29, 0.717) is 6.54 Å². The molecule has 2 rings (SSSR count). The number of anilines is 1. The van der Waals surface area contributed by atoms with Crippen LogP contribution in [0.4, 0.5) is 10.1 Å². The van der Waals surface area contributed by atoms with E-state index >= 15 is 0 Å². The van der Waals surface area contributed by atoms with Gasteiger partial charge in [0.25, 0.3) is 0 Å². The topological polar surface area (TPSA) is 24.1 Å². The number of aryl methyl sites for hydroxylation is 1. The number of rotatable bonds is 3. The van der Waals surface area contributed by atoms with Crippen LogP contribution in [0.2, 0.25) is 0 Å². The molecule has 0 saturated carbocycles. The monoisotopic (exact) mass is 250 g/mol. The van der Waals surface area contributed by atoms with Crippen molar-refractivity contribution in [2.75, 3.05) is 11.9 Å². The van der Waals surface area contributed by atoms with Crippen molar-refractivity contribution in [2.45, 2.75) is 51.4 Å². The van der Waals surface area contributed by atoms with E-state index < -0.39 is 6.17 Å². The Balaban J connectivity index is 1.92. The maximum atomic E-state index is 14.2. The van der Waals surface area contributed by atoms with Crippen LogP contribution in [0.1, 0.15) is 32.8 Å². The molecule has 1 aromatic carbocycles. The quantitative estimate of drug-likeness (QED) is 0.861. The Morgan fingerprint density at radius 2 is 2.11 bits per heavy atom. The van der Waals surface area contributed by atoms with Gasteiger partial charge in [-0.2, -0.15) is 0 Å². The summed E-state index contributed by atoms with van der Waals surface area (Å²) in [5.74, 6) is 0. The largest absolute Gasteiger partial charge is 0.379 e. The van der Waals surface area contributed by atoms with Gasteiger partial charge < -0.3 is 10.6 Å². The first kappa shape index (κ1) is 13.3. The first-order valence-electron chi connectivity index (χ1n) is 6.69. The molecule has 18 heavy (non-hydrogen) atoms. The molecule has 0 radical (unpaired) electrons. The molecule has 0 bridgehead atoms. The lowest BCUT2D eigenvalue weighted by Gasteiger charge is -2.31. The lowest BCUT2D eigenvalue weighted by molar-refractivity contribution is 0.249. The first-order valence-corrected chi connectivity index (χ1v) is 6.69. The molecule has 3 heteroatoms. The summed E-state index contributed by atoms with van der Waals surface area (Å²) in [4.78, 5) is 0. The highest BCUT2D eigenvalue weighted by Crippen LogP contribution is 2.26. The zero-order valence-corrected chi connectivity index (χ0v) is 11.5. The molecule has 0 aliphatic carbocycles. The van der Waals surface area contributed by atoms with E-state index in [9.17, 15) is 4.39 Å². The molecule has 1 aliphatic heterocycles. The maximum absolute atomic E-state index is 14.2. The molecule has 2 N–H and O–H groups in total. The third-order valence-electron chi connectivity index (χ3n) is 3.35. The van der Waals surface area contributed by atoms with Crippen LogP contribution in [0.25, 0.3) is 0 Å². The van der Waals surface area contributed by atoms with Crippen molar-refractivity contribution in [1.82, 2.24) is 5.32 Å². The smallest absolute Gasteiger partial charge is 0.132 e. The van der Waals surface area contributed by atoms with Gasteiger partial charge in [-0.15, -0.1) is 0 Å². The highest BCUT2D eigenvalue weighted by Gasteiger charge is 2.26. The number of hydrogen-bond donors (Lipinski definition) is 2. The van der Waals surface area contributed by atoms with Crippen LogP contribution in [0.3, 0.4) is 0 Å². The van der Waals surface area contributed by atoms with E-state index in [2.05, 4.69) is 37.5 Å². The van der Waals surface area contributed by atoms with Crippen molar-refractivity contribution in [2.24, 2.45) is 0 Å². The number of benzene rings is 1. The Bertz CT molecular complexity index is 398. The fourth-order valence-corrected chi connectivity index (χ4v) is 2.28. The van der Waals surface area contributed by atoms with Crippen LogP contribution in [0.15, 0.2) is 24.3 Å². The van der Waals surface area contributed by atoms with Gasteiger partial charge in [0, 0.05) is 17.8 Å². The second-order valence-corrected chi connectivity index (χ2v) is 6.09. The van der Waals surface area contributed by atoms with Crippen molar-refractivity contribution in [1.29, 1.82) is 0 Å². The SMILES string of the molecule is CC(C)(C)NCC(F)C1CCc2ccccc2N1. The van der Waals surface area contributed by atoms with E-state index in [1.807, 2.05) is 18.2 Å². The molecule has 0 fully saturated rings. The van der Waals surface area contributed by atoms with Crippen LogP contribution >= 0.6 is 0 Å². The minimum atomic E-state index is -0.849. The molecule has 0 aromatic heterocycles. The summed E-state index contributed by atoms with van der Waals surface area (Å²) in [5, 5.41) is 6.55. The van der Waals surface area contributed by atoms with E-state index in [1.165, 1.54) is 5.56 Å². The summed E-state index contributed by atoms with van der Waals surface area (Å²) < 4.78 is 14.2. The van der Waals surface area contributed by atoms with Crippen LogP contribution in [0, 0.1) is 0 Å². The van der Waals surface area contributed by atoms with Crippen LogP contribution in [0.5, 0.6) is 0 Å². The fourth-order valence-electron chi connectivity index (χ4n) is 2.28. The lowest BCUT2D eigenvalue weighted by Crippen LogP contribution is -2.45. The van der Waals surface area contributed by atoms with Gasteiger partial charge in [0.15, 0.2) is 0 Å². The van der Waals surface area contributed by atoms with Crippen molar-refractivity contribution < 1.29 is 4.39 Å². The van der Waals surface area contributed by atoms with Gasteiger partial charge in [0.05, 0.1) is 6.04 Å². The van der Waals surface area contributed by atoms with Gasteiger partial charge in [0.1, 0.15) is 6.17 Å². The normalized spacial score (nSPS) is 21.0. The summed E-state index contributed by atoms with van der Waals surface area (Å²) >= 11 is 0. The molecule has 1 aliphatic rings. The Morgan fingerprint density at radius 3 is 2.83 bits per heavy atom. The minimum Gasteiger partial charge on any atom is -0.379 e. The fraction of sp³-hybridized carbons (Fsp3) is 0.600. The molecule has 100 valence electrons. The Labute approximate surface area is 109 Å². The number of alkyl halides is 1. The van der Waals surface area contributed by atoms with Gasteiger partial charge >= 0.3 is 0 Å². The molecule has 0 spiro atoms. The molecule has 0 amide bonds. The zero-order chi connectivity index (χ0) is 13.2. The van der Waals surface area contributed by atoms with Crippen LogP contribution < -0.4 is 10.6 Å². The average Bonchev–Trinajstić information content (AvgIpc) is 2.34. The second-order valence-electron chi connectivity index (χ2n) is 6.09. The van der Waals surface area contributed by atoms with Crippen molar-refractivity contribution in [3.05, 3.63) is 29.8 Å². The second kappa shape index (κ2) is 5.27. The highest BCUT2D eigenvalue weighted by atomic mass is 19.1. The molecular weight excluding hydrogens is 227 g/mol. The van der Waals surface area contributed by atoms with E-state index in [0.717, 1.165) is 18.5 Å². The summed E-state index contributed by atoms with van der Waals surface area (Å²) in [6.07, 6.45) is 0.978. The van der Waals surface area contributed by atoms with Crippen molar-refractivity contribution >= 4 is 5.69 Å². The van der Waals surface area contributed by atoms with Gasteiger partial charge in [0.2, 0.25) is 0 Å². The van der Waals surface area contributed by atoms with Gasteiger partial charge in [-0.1, -0.05) is 18.2 Å². The number of nitrogens with one attached hydrogen (secondary N) is 2. The number of para-hydroxylation sites is 1. The summed E-state index contributed by atoms with van der Waals surface area (Å²) in [7, 11) is 0. The minimum absolute atomic E-state index is 0.0308. The van der Waals surface area contributed by atoms with Crippen LogP contribution in [-0.2, 0) is 6.42 Å². The molecule has 0 saturated heterocycles. The van der Waals surface area contributed by atoms with E-state index in [1.54, 1.807) is 0 Å². The Morgan fingerprint density at radius 1 is 1.39 bits per heavy atom. The van der Waals surface area contributed by atoms with Crippen molar-refractivity contribution in [3.63, 3.8) is 0 Å². The zero-order valence-electron chi connectivity index (χ0n) is 11.5. The summed E-state index contributed by atoms with van der Waals surface area (Å²) in [5.41, 5.74) is 2.36. The predicted molar refractivity (Wildman–Crippen MR) is 74.8 cm³/mol. The highest BCUT2D eigenvalue weighted by molar-refractivity contribution is 5.53. The summed E-state index contributed by atoms with van der Waals surface area (Å²) in [6, 6.07) is 8.10. The third-order valence-corrected chi connectivity index (χ3v) is 3.35. The van der Waals surface area contributed by atoms with Gasteiger partial charge in [-0.3, -0.25) is 0 Å². The molecule has 2 nitrogen and oxygen atoms in total. The van der Waals surface area contributed by atoms with Crippen molar-refractivity contribution in [3.8, 4) is 0 Å². The Hall–Kier alpha value is -1.09.